The van der Waals surface area contributed by atoms with Crippen LogP contribution in [0.3, 0.4) is 0 Å². The van der Waals surface area contributed by atoms with Gasteiger partial charge in [0.1, 0.15) is 11.6 Å². The zero-order chi connectivity index (χ0) is 25.9. The molecule has 0 bridgehead atoms. The Bertz CT molecular complexity index is 1140. The lowest BCUT2D eigenvalue weighted by atomic mass is 10.0. The van der Waals surface area contributed by atoms with E-state index < -0.39 is 29.7 Å². The number of benzene rings is 2. The summed E-state index contributed by atoms with van der Waals surface area (Å²) in [7, 11) is 0. The Labute approximate surface area is 195 Å². The summed E-state index contributed by atoms with van der Waals surface area (Å²) in [5.74, 6) is -5.72. The van der Waals surface area contributed by atoms with E-state index in [1.807, 2.05) is 0 Å². The number of urea groups is 1. The minimum atomic E-state index is -5.08. The largest absolute Gasteiger partial charge is 0.490 e. The van der Waals surface area contributed by atoms with Crippen molar-refractivity contribution in [1.29, 1.82) is 0 Å². The molecule has 0 radical (unpaired) electrons. The number of alkyl halides is 3. The highest BCUT2D eigenvalue weighted by atomic mass is 19.4. The van der Waals surface area contributed by atoms with Crippen LogP contribution in [0.2, 0.25) is 0 Å². The summed E-state index contributed by atoms with van der Waals surface area (Å²) in [6.07, 6.45) is -2.15. The first kappa shape index (κ1) is 25.7. The lowest BCUT2D eigenvalue weighted by Gasteiger charge is -2.27. The van der Waals surface area contributed by atoms with E-state index in [0.29, 0.717) is 18.8 Å². The van der Waals surface area contributed by atoms with Crippen LogP contribution in [-0.4, -0.2) is 58.4 Å². The number of hydrogen-bond acceptors (Lipinski definition) is 4. The third-order valence-corrected chi connectivity index (χ3v) is 5.31. The molecule has 2 N–H and O–H groups in total. The highest BCUT2D eigenvalue weighted by Gasteiger charge is 2.39. The number of carboxylic acid groups (broad SMARTS) is 2. The van der Waals surface area contributed by atoms with Gasteiger partial charge in [-0.05, 0) is 43.5 Å². The SMILES string of the molecule is O=C(O)C(F)(F)F.O=C(O)c1ccc(Oc2cc(F)cc(N3C[C@@H]4CCCCN4C3=O)c2)c(F)c1. The molecule has 1 atom stereocenters. The quantitative estimate of drug-likeness (QED) is 0.577. The Balaban J connectivity index is 0.000000429. The van der Waals surface area contributed by atoms with Crippen molar-refractivity contribution < 1.29 is 51.3 Å². The molecule has 0 unspecified atom stereocenters. The molecule has 8 nitrogen and oxygen atoms in total. The number of amides is 2. The minimum absolute atomic E-state index is 0.0228. The number of carbonyl (C=O) groups is 3. The van der Waals surface area contributed by atoms with Crippen LogP contribution in [0.25, 0.3) is 0 Å². The van der Waals surface area contributed by atoms with Crippen molar-refractivity contribution in [2.45, 2.75) is 31.5 Å². The normalized spacial score (nSPS) is 17.4. The van der Waals surface area contributed by atoms with Crippen LogP contribution in [0.4, 0.5) is 32.4 Å². The number of nitrogens with zero attached hydrogens (tertiary/aromatic N) is 2. The fourth-order valence-corrected chi connectivity index (χ4v) is 3.71. The van der Waals surface area contributed by atoms with Gasteiger partial charge in [0.2, 0.25) is 0 Å². The molecule has 13 heteroatoms. The highest BCUT2D eigenvalue weighted by Crippen LogP contribution is 2.34. The fourth-order valence-electron chi connectivity index (χ4n) is 3.71. The number of halogens is 5. The van der Waals surface area contributed by atoms with Gasteiger partial charge in [-0.3, -0.25) is 4.90 Å². The Morgan fingerprint density at radius 2 is 1.71 bits per heavy atom. The topological polar surface area (TPSA) is 107 Å². The molecule has 2 aliphatic heterocycles. The molecule has 2 aliphatic rings. The first-order chi connectivity index (χ1) is 16.4. The molecule has 2 aromatic rings. The number of aliphatic carboxylic acids is 1. The number of carbonyl (C=O) groups excluding carboxylic acids is 1. The van der Waals surface area contributed by atoms with Crippen LogP contribution >= 0.6 is 0 Å². The molecule has 0 saturated carbocycles. The lowest BCUT2D eigenvalue weighted by molar-refractivity contribution is -0.192. The summed E-state index contributed by atoms with van der Waals surface area (Å²) < 4.78 is 65.4. The van der Waals surface area contributed by atoms with Gasteiger partial charge in [0.15, 0.2) is 11.6 Å². The molecule has 4 rings (SSSR count). The number of hydrogen-bond donors (Lipinski definition) is 2. The van der Waals surface area contributed by atoms with Gasteiger partial charge in [-0.1, -0.05) is 0 Å². The van der Waals surface area contributed by atoms with E-state index in [2.05, 4.69) is 0 Å². The van der Waals surface area contributed by atoms with Crippen molar-refractivity contribution in [1.82, 2.24) is 4.90 Å². The molecule has 2 heterocycles. The number of ether oxygens (including phenoxy) is 1. The van der Waals surface area contributed by atoms with Gasteiger partial charge in [-0.25, -0.2) is 23.2 Å². The third-order valence-electron chi connectivity index (χ3n) is 5.31. The second-order valence-electron chi connectivity index (χ2n) is 7.74. The molecule has 0 aliphatic carbocycles. The van der Waals surface area contributed by atoms with Crippen LogP contribution in [0.1, 0.15) is 29.6 Å². The Kier molecular flexibility index (Phi) is 7.46. The van der Waals surface area contributed by atoms with E-state index in [0.717, 1.165) is 31.4 Å². The highest BCUT2D eigenvalue weighted by molar-refractivity contribution is 5.95. The zero-order valence-electron chi connectivity index (χ0n) is 17.9. The van der Waals surface area contributed by atoms with Crippen molar-refractivity contribution in [2.24, 2.45) is 0 Å². The first-order valence-corrected chi connectivity index (χ1v) is 10.3. The zero-order valence-corrected chi connectivity index (χ0v) is 17.9. The second-order valence-corrected chi connectivity index (χ2v) is 7.74. The van der Waals surface area contributed by atoms with Crippen LogP contribution < -0.4 is 9.64 Å². The van der Waals surface area contributed by atoms with Gasteiger partial charge in [0.05, 0.1) is 17.3 Å². The number of anilines is 1. The summed E-state index contributed by atoms with van der Waals surface area (Å²) in [5, 5.41) is 16.0. The molecular formula is C22H19F5N2O6. The van der Waals surface area contributed by atoms with Gasteiger partial charge >= 0.3 is 24.1 Å². The van der Waals surface area contributed by atoms with Crippen molar-refractivity contribution >= 4 is 23.7 Å². The van der Waals surface area contributed by atoms with Crippen LogP contribution in [0, 0.1) is 11.6 Å². The molecular weight excluding hydrogens is 483 g/mol. The summed E-state index contributed by atoms with van der Waals surface area (Å²) in [6, 6.07) is 6.96. The lowest BCUT2D eigenvalue weighted by Crippen LogP contribution is -2.38. The van der Waals surface area contributed by atoms with E-state index in [-0.39, 0.29) is 29.1 Å². The van der Waals surface area contributed by atoms with Crippen molar-refractivity contribution in [3.63, 3.8) is 0 Å². The molecule has 35 heavy (non-hydrogen) atoms. The summed E-state index contributed by atoms with van der Waals surface area (Å²) in [6.45, 7) is 1.17. The van der Waals surface area contributed by atoms with Crippen LogP contribution in [-0.2, 0) is 4.79 Å². The maximum absolute atomic E-state index is 14.1. The van der Waals surface area contributed by atoms with Gasteiger partial charge in [0.25, 0.3) is 0 Å². The molecule has 2 saturated heterocycles. The van der Waals surface area contributed by atoms with Gasteiger partial charge in [-0.15, -0.1) is 0 Å². The van der Waals surface area contributed by atoms with Crippen molar-refractivity contribution in [3.05, 3.63) is 53.6 Å². The average molecular weight is 502 g/mol. The predicted molar refractivity (Wildman–Crippen MR) is 111 cm³/mol. The van der Waals surface area contributed by atoms with E-state index in [9.17, 15) is 31.5 Å². The predicted octanol–water partition coefficient (Wildman–Crippen LogP) is 4.88. The molecule has 0 aromatic heterocycles. The summed E-state index contributed by atoms with van der Waals surface area (Å²) in [5.41, 5.74) is 0.126. The monoisotopic (exact) mass is 502 g/mol. The summed E-state index contributed by atoms with van der Waals surface area (Å²) >= 11 is 0. The molecule has 2 amide bonds. The van der Waals surface area contributed by atoms with Gasteiger partial charge in [-0.2, -0.15) is 13.2 Å². The van der Waals surface area contributed by atoms with Crippen molar-refractivity contribution in [2.75, 3.05) is 18.0 Å². The van der Waals surface area contributed by atoms with Gasteiger partial charge in [0, 0.05) is 25.2 Å². The van der Waals surface area contributed by atoms with Crippen molar-refractivity contribution in [3.8, 4) is 11.5 Å². The molecule has 0 spiro atoms. The standard InChI is InChI=1S/C20H18F2N2O4.C2HF3O2/c21-13-8-15(24-11-14-3-1-2-6-23(14)20(24)27)10-16(9-13)28-18-5-4-12(19(25)26)7-17(18)22;3-2(4,5)1(6)7/h4-5,7-10,14H,1-3,6,11H2,(H,25,26);(H,6,7)/t14-;/m0./s1. The Morgan fingerprint density at radius 3 is 2.29 bits per heavy atom. The molecule has 188 valence electrons. The van der Waals surface area contributed by atoms with Crippen LogP contribution in [0.15, 0.2) is 36.4 Å². The van der Waals surface area contributed by atoms with Crippen LogP contribution in [0.5, 0.6) is 11.5 Å². The first-order valence-electron chi connectivity index (χ1n) is 10.3. The van der Waals surface area contributed by atoms with E-state index >= 15 is 0 Å². The number of piperidine rings is 1. The number of rotatable bonds is 4. The fraction of sp³-hybridized carbons (Fsp3) is 0.318. The minimum Gasteiger partial charge on any atom is -0.478 e. The third kappa shape index (κ3) is 6.16. The molecule has 2 aromatic carbocycles. The maximum Gasteiger partial charge on any atom is 0.490 e. The Hall–Kier alpha value is -3.90. The van der Waals surface area contributed by atoms with E-state index in [1.54, 1.807) is 4.90 Å². The van der Waals surface area contributed by atoms with E-state index in [1.165, 1.54) is 29.2 Å². The molecule has 2 fully saturated rings. The smallest absolute Gasteiger partial charge is 0.478 e. The Morgan fingerprint density at radius 1 is 1.03 bits per heavy atom. The average Bonchev–Trinajstić information content (AvgIpc) is 3.11. The maximum atomic E-state index is 14.1. The second kappa shape index (κ2) is 10.2. The number of aromatic carboxylic acids is 1. The summed E-state index contributed by atoms with van der Waals surface area (Å²) in [4.78, 5) is 35.8. The number of fused-ring (bicyclic) bond motifs is 1. The van der Waals surface area contributed by atoms with Gasteiger partial charge < -0.3 is 19.8 Å². The number of carboxylic acids is 2. The van der Waals surface area contributed by atoms with E-state index in [4.69, 9.17) is 19.7 Å².